The second-order valence-corrected chi connectivity index (χ2v) is 8.02. The van der Waals surface area contributed by atoms with Crippen LogP contribution in [-0.4, -0.2) is 68.1 Å². The number of likely N-dealkylation sites (N-methyl/N-ethyl adjacent to an activating group) is 1. The highest BCUT2D eigenvalue weighted by Gasteiger charge is 2.20. The van der Waals surface area contributed by atoms with E-state index in [1.165, 1.54) is 12.1 Å². The first kappa shape index (κ1) is 25.5. The van der Waals surface area contributed by atoms with Crippen molar-refractivity contribution in [2.75, 3.05) is 58.3 Å². The molecular weight excluding hydrogens is 354 g/mol. The van der Waals surface area contributed by atoms with Crippen molar-refractivity contribution in [3.8, 4) is 0 Å². The fourth-order valence-corrected chi connectivity index (χ4v) is 3.38. The molecule has 1 aromatic heterocycles. The number of nitrogens with one attached hydrogen (secondary N) is 1. The van der Waals surface area contributed by atoms with Crippen molar-refractivity contribution in [1.29, 1.82) is 0 Å². The summed E-state index contributed by atoms with van der Waals surface area (Å²) in [6.45, 7) is 22.7. The number of hydrogen-bond donors (Lipinski definition) is 1. The predicted octanol–water partition coefficient (Wildman–Crippen LogP) is 4.13. The van der Waals surface area contributed by atoms with Gasteiger partial charge in [-0.05, 0) is 19.2 Å². The summed E-state index contributed by atoms with van der Waals surface area (Å²) in [7, 11) is 3.99. The zero-order valence-electron chi connectivity index (χ0n) is 18.4. The summed E-state index contributed by atoms with van der Waals surface area (Å²) < 4.78 is 0. The number of thiazole rings is 1. The van der Waals surface area contributed by atoms with E-state index in [0.29, 0.717) is 5.92 Å². The summed E-state index contributed by atoms with van der Waals surface area (Å²) in [6, 6.07) is 0. The molecule has 0 unspecified atom stereocenters. The third-order valence-corrected chi connectivity index (χ3v) is 4.58. The van der Waals surface area contributed by atoms with Crippen LogP contribution in [0.4, 0.5) is 5.13 Å². The van der Waals surface area contributed by atoms with E-state index in [4.69, 9.17) is 0 Å². The van der Waals surface area contributed by atoms with Crippen molar-refractivity contribution >= 4 is 16.5 Å². The topological polar surface area (TPSA) is 34.6 Å². The third-order valence-electron chi connectivity index (χ3n) is 3.75. The second kappa shape index (κ2) is 15.5. The molecule has 0 amide bonds. The molecule has 0 saturated carbocycles. The summed E-state index contributed by atoms with van der Waals surface area (Å²) in [5.41, 5.74) is 1.24. The summed E-state index contributed by atoms with van der Waals surface area (Å²) in [5.74, 6) is 0.703. The maximum Gasteiger partial charge on any atom is 0.185 e. The summed E-state index contributed by atoms with van der Waals surface area (Å²) in [5, 5.41) is 5.88. The van der Waals surface area contributed by atoms with Crippen molar-refractivity contribution in [2.45, 2.75) is 34.1 Å². The Morgan fingerprint density at radius 1 is 1.33 bits per heavy atom. The Morgan fingerprint density at radius 3 is 2.30 bits per heavy atom. The molecule has 1 N–H and O–H groups in total. The second-order valence-electron chi connectivity index (χ2n) is 7.15. The lowest BCUT2D eigenvalue weighted by atomic mass is 10.2. The molecule has 27 heavy (non-hydrogen) atoms. The van der Waals surface area contributed by atoms with E-state index in [9.17, 15) is 0 Å². The molecule has 156 valence electrons. The van der Waals surface area contributed by atoms with Gasteiger partial charge in [0.2, 0.25) is 0 Å². The number of piperazine rings is 1. The zero-order valence-corrected chi connectivity index (χ0v) is 19.2. The van der Waals surface area contributed by atoms with Gasteiger partial charge < -0.3 is 20.0 Å². The van der Waals surface area contributed by atoms with Gasteiger partial charge >= 0.3 is 0 Å². The largest absolute Gasteiger partial charge is 0.394 e. The van der Waals surface area contributed by atoms with Crippen LogP contribution < -0.4 is 10.2 Å². The van der Waals surface area contributed by atoms with Crippen LogP contribution in [0.1, 0.15) is 34.1 Å². The zero-order chi connectivity index (χ0) is 20.7. The van der Waals surface area contributed by atoms with Gasteiger partial charge in [0, 0.05) is 63.6 Å². The molecule has 1 aromatic rings. The van der Waals surface area contributed by atoms with E-state index >= 15 is 0 Å². The molecule has 0 radical (unpaired) electrons. The number of nitrogens with zero attached hydrogens (tertiary/aromatic N) is 4. The van der Waals surface area contributed by atoms with E-state index in [2.05, 4.69) is 72.9 Å². The fraction of sp³-hybridized carbons (Fsp3) is 0.667. The van der Waals surface area contributed by atoms with Crippen LogP contribution in [0.5, 0.6) is 0 Å². The Bertz CT molecular complexity index is 479. The molecule has 1 aliphatic heterocycles. The highest BCUT2D eigenvalue weighted by Crippen LogP contribution is 2.20. The number of rotatable bonds is 7. The monoisotopic (exact) mass is 395 g/mol. The molecule has 0 spiro atoms. The highest BCUT2D eigenvalue weighted by molar-refractivity contribution is 7.13. The Balaban J connectivity index is 0.000000836. The Labute approximate surface area is 171 Å². The lowest BCUT2D eigenvalue weighted by molar-refractivity contribution is 0.255. The first-order valence-electron chi connectivity index (χ1n) is 9.93. The molecule has 0 bridgehead atoms. The molecule has 0 aliphatic carbocycles. The van der Waals surface area contributed by atoms with Gasteiger partial charge in [0.15, 0.2) is 5.13 Å². The average Bonchev–Trinajstić information content (AvgIpc) is 3.16. The fourth-order valence-electron chi connectivity index (χ4n) is 2.69. The average molecular weight is 396 g/mol. The van der Waals surface area contributed by atoms with E-state index in [0.717, 1.165) is 44.4 Å². The van der Waals surface area contributed by atoms with Crippen molar-refractivity contribution in [1.82, 2.24) is 20.1 Å². The predicted molar refractivity (Wildman–Crippen MR) is 123 cm³/mol. The van der Waals surface area contributed by atoms with Gasteiger partial charge in [0.05, 0.1) is 0 Å². The van der Waals surface area contributed by atoms with Crippen molar-refractivity contribution in [3.63, 3.8) is 0 Å². The van der Waals surface area contributed by atoms with Crippen molar-refractivity contribution in [2.24, 2.45) is 5.92 Å². The standard InChI is InChI=1S/C15H26N4S.C3H7N.C3H8/c1-13(2)11-17(4)12-14(3)18-6-8-19(9-7-18)15-16-5-10-20-15;1-3-4-2;1-3-2/h5,10,13H,3,6-9,11-12H2,1-2,4H3;3-4H,1H2,2H3;3H2,1-2H3. The normalized spacial score (nSPS) is 13.5. The molecule has 0 aromatic carbocycles. The van der Waals surface area contributed by atoms with Crippen molar-refractivity contribution in [3.05, 3.63) is 36.6 Å². The molecule has 2 rings (SSSR count). The van der Waals surface area contributed by atoms with Gasteiger partial charge in [-0.25, -0.2) is 4.98 Å². The number of anilines is 1. The smallest absolute Gasteiger partial charge is 0.185 e. The lowest BCUT2D eigenvalue weighted by Gasteiger charge is -2.38. The van der Waals surface area contributed by atoms with E-state index in [1.807, 2.05) is 18.6 Å². The van der Waals surface area contributed by atoms with Gasteiger partial charge in [-0.2, -0.15) is 0 Å². The van der Waals surface area contributed by atoms with Crippen LogP contribution in [0.2, 0.25) is 0 Å². The highest BCUT2D eigenvalue weighted by atomic mass is 32.1. The lowest BCUT2D eigenvalue weighted by Crippen LogP contribution is -2.47. The van der Waals surface area contributed by atoms with Gasteiger partial charge in [0.1, 0.15) is 0 Å². The van der Waals surface area contributed by atoms with Gasteiger partial charge in [-0.3, -0.25) is 0 Å². The minimum atomic E-state index is 0.703. The SMILES string of the molecule is C=C(CN(C)CC(C)C)N1CCN(c2nccs2)CC1.C=CNC.CCC. The van der Waals surface area contributed by atoms with E-state index in [-0.39, 0.29) is 0 Å². The number of hydrogen-bond acceptors (Lipinski definition) is 6. The summed E-state index contributed by atoms with van der Waals surface area (Å²) in [6.07, 6.45) is 4.76. The van der Waals surface area contributed by atoms with Gasteiger partial charge in [0.25, 0.3) is 0 Å². The maximum atomic E-state index is 4.39. The van der Waals surface area contributed by atoms with Crippen LogP contribution >= 0.6 is 11.3 Å². The molecular formula is C21H41N5S. The van der Waals surface area contributed by atoms with Gasteiger partial charge in [-0.15, -0.1) is 11.3 Å². The summed E-state index contributed by atoms with van der Waals surface area (Å²) in [4.78, 5) is 11.5. The molecule has 1 aliphatic rings. The Hall–Kier alpha value is -1.53. The molecule has 5 nitrogen and oxygen atoms in total. The van der Waals surface area contributed by atoms with E-state index < -0.39 is 0 Å². The van der Waals surface area contributed by atoms with E-state index in [1.54, 1.807) is 17.5 Å². The quantitative estimate of drug-likeness (QED) is 0.751. The minimum Gasteiger partial charge on any atom is -0.394 e. The Morgan fingerprint density at radius 2 is 1.89 bits per heavy atom. The first-order valence-corrected chi connectivity index (χ1v) is 10.8. The molecule has 0 atom stereocenters. The van der Waals surface area contributed by atoms with Crippen LogP contribution in [0, 0.1) is 5.92 Å². The summed E-state index contributed by atoms with van der Waals surface area (Å²) >= 11 is 1.72. The maximum absolute atomic E-state index is 4.39. The van der Waals surface area contributed by atoms with Crippen LogP contribution in [-0.2, 0) is 0 Å². The molecule has 1 saturated heterocycles. The number of aromatic nitrogens is 1. The van der Waals surface area contributed by atoms with Crippen LogP contribution in [0.25, 0.3) is 0 Å². The first-order chi connectivity index (χ1) is 12.9. The molecule has 2 heterocycles. The minimum absolute atomic E-state index is 0.703. The molecule has 1 fully saturated rings. The third kappa shape index (κ3) is 11.7. The van der Waals surface area contributed by atoms with Crippen LogP contribution in [0.15, 0.2) is 36.6 Å². The Kier molecular flexibility index (Phi) is 14.6. The molecule has 6 heteroatoms. The van der Waals surface area contributed by atoms with Gasteiger partial charge in [-0.1, -0.05) is 47.3 Å². The van der Waals surface area contributed by atoms with Crippen LogP contribution in [0.3, 0.4) is 0 Å². The van der Waals surface area contributed by atoms with Crippen molar-refractivity contribution < 1.29 is 0 Å².